The largest absolute Gasteiger partial charge is 0.388 e. The minimum absolute atomic E-state index is 0.184. The summed E-state index contributed by atoms with van der Waals surface area (Å²) in [7, 11) is 2.71. The van der Waals surface area contributed by atoms with E-state index in [1.54, 1.807) is 6.07 Å². The first-order valence-electron chi connectivity index (χ1n) is 5.47. The van der Waals surface area contributed by atoms with Crippen LogP contribution >= 0.6 is 0 Å². The molecule has 96 valence electrons. The van der Waals surface area contributed by atoms with Crippen molar-refractivity contribution < 1.29 is 9.31 Å². The first kappa shape index (κ1) is 15.3. The molecule has 1 N–H and O–H groups in total. The summed E-state index contributed by atoms with van der Waals surface area (Å²) < 4.78 is 12.9. The lowest BCUT2D eigenvalue weighted by atomic mass is 9.97. The second-order valence-electron chi connectivity index (χ2n) is 3.73. The molecule has 1 atom stereocenters. The Bertz CT molecular complexity index is 366. The molecule has 0 bridgehead atoms. The minimum atomic E-state index is -0.500. The van der Waals surface area contributed by atoms with Crippen LogP contribution in [0.3, 0.4) is 0 Å². The number of nitro groups is 1. The zero-order valence-electron chi connectivity index (χ0n) is 10.7. The first-order chi connectivity index (χ1) is 7.92. The fourth-order valence-corrected chi connectivity index (χ4v) is 1.39. The smallest absolute Gasteiger partial charge is 0.194 e. The summed E-state index contributed by atoms with van der Waals surface area (Å²) in [6.45, 7) is 4.28. The molecule has 0 radical (unpaired) electrons. The maximum absolute atomic E-state index is 12.9. The molecular formula is C12H19FN2O2. The number of rotatable bonds is 3. The van der Waals surface area contributed by atoms with Crippen LogP contribution in [0.2, 0.25) is 0 Å². The van der Waals surface area contributed by atoms with Crippen molar-refractivity contribution in [1.82, 2.24) is 0 Å². The van der Waals surface area contributed by atoms with E-state index in [2.05, 4.69) is 19.2 Å². The van der Waals surface area contributed by atoms with E-state index >= 15 is 0 Å². The van der Waals surface area contributed by atoms with Gasteiger partial charge in [0.05, 0.1) is 0 Å². The summed E-state index contributed by atoms with van der Waals surface area (Å²) in [5.41, 5.74) is 2.08. The van der Waals surface area contributed by atoms with Crippen LogP contribution in [0, 0.1) is 15.9 Å². The van der Waals surface area contributed by atoms with Gasteiger partial charge in [-0.1, -0.05) is 19.9 Å². The number of benzene rings is 1. The van der Waals surface area contributed by atoms with Crippen LogP contribution in [-0.4, -0.2) is 19.0 Å². The average Bonchev–Trinajstić information content (AvgIpc) is 2.27. The highest BCUT2D eigenvalue weighted by Gasteiger charge is 2.08. The van der Waals surface area contributed by atoms with Gasteiger partial charge >= 0.3 is 0 Å². The highest BCUT2D eigenvalue weighted by Crippen LogP contribution is 2.26. The predicted molar refractivity (Wildman–Crippen MR) is 67.6 cm³/mol. The van der Waals surface area contributed by atoms with E-state index in [-0.39, 0.29) is 5.82 Å². The van der Waals surface area contributed by atoms with Crippen molar-refractivity contribution >= 4 is 5.69 Å². The Kier molecular flexibility index (Phi) is 6.86. The number of halogens is 1. The quantitative estimate of drug-likeness (QED) is 0.653. The third-order valence-electron chi connectivity index (χ3n) is 2.43. The molecule has 0 aromatic heterocycles. The van der Waals surface area contributed by atoms with Crippen LogP contribution in [0.25, 0.3) is 0 Å². The first-order valence-corrected chi connectivity index (χ1v) is 5.47. The lowest BCUT2D eigenvalue weighted by Crippen LogP contribution is -1.99. The van der Waals surface area contributed by atoms with E-state index in [1.807, 2.05) is 13.1 Å². The normalized spacial score (nSPS) is 11.1. The monoisotopic (exact) mass is 242 g/mol. The molecule has 0 amide bonds. The van der Waals surface area contributed by atoms with Gasteiger partial charge in [0.2, 0.25) is 0 Å². The standard InChI is InChI=1S/C11H16FN.CH3NO2/c1-4-8(2)10-6-5-9(12)7-11(10)13-3;1-2(3)4/h5-8,13H,4H2,1-3H3;1H3. The highest BCUT2D eigenvalue weighted by molar-refractivity contribution is 5.52. The van der Waals surface area contributed by atoms with Crippen LogP contribution in [-0.2, 0) is 0 Å². The fourth-order valence-electron chi connectivity index (χ4n) is 1.39. The van der Waals surface area contributed by atoms with Gasteiger partial charge in [0.1, 0.15) is 5.82 Å². The van der Waals surface area contributed by atoms with Crippen molar-refractivity contribution in [3.8, 4) is 0 Å². The number of hydrogen-bond donors (Lipinski definition) is 1. The molecule has 0 fully saturated rings. The summed E-state index contributed by atoms with van der Waals surface area (Å²) in [4.78, 5) is 8.31. The summed E-state index contributed by atoms with van der Waals surface area (Å²) in [5, 5.41) is 11.8. The molecule has 1 unspecified atom stereocenters. The van der Waals surface area contributed by atoms with E-state index in [1.165, 1.54) is 11.6 Å². The minimum Gasteiger partial charge on any atom is -0.388 e. The second-order valence-corrected chi connectivity index (χ2v) is 3.73. The number of anilines is 1. The number of hydrogen-bond acceptors (Lipinski definition) is 3. The summed E-state index contributed by atoms with van der Waals surface area (Å²) in [6, 6.07) is 4.92. The van der Waals surface area contributed by atoms with Gasteiger partial charge < -0.3 is 5.32 Å². The topological polar surface area (TPSA) is 55.2 Å². The van der Waals surface area contributed by atoms with Gasteiger partial charge in [-0.25, -0.2) is 4.39 Å². The molecular weight excluding hydrogens is 223 g/mol. The lowest BCUT2D eigenvalue weighted by molar-refractivity contribution is -0.445. The van der Waals surface area contributed by atoms with Crippen LogP contribution in [0.1, 0.15) is 31.7 Å². The van der Waals surface area contributed by atoms with Crippen molar-refractivity contribution in [2.24, 2.45) is 0 Å². The summed E-state index contributed by atoms with van der Waals surface area (Å²) in [6.07, 6.45) is 1.07. The molecule has 0 aliphatic heterocycles. The lowest BCUT2D eigenvalue weighted by Gasteiger charge is -2.14. The van der Waals surface area contributed by atoms with Gasteiger partial charge in [-0.05, 0) is 30.0 Å². The van der Waals surface area contributed by atoms with Crippen molar-refractivity contribution in [2.75, 3.05) is 19.4 Å². The average molecular weight is 242 g/mol. The van der Waals surface area contributed by atoms with Gasteiger partial charge in [-0.2, -0.15) is 0 Å². The molecule has 0 aliphatic rings. The van der Waals surface area contributed by atoms with Crippen LogP contribution in [0.15, 0.2) is 18.2 Å². The van der Waals surface area contributed by atoms with Gasteiger partial charge in [0.15, 0.2) is 7.05 Å². The van der Waals surface area contributed by atoms with E-state index in [9.17, 15) is 4.39 Å². The molecule has 1 aromatic rings. The van der Waals surface area contributed by atoms with Gasteiger partial charge in [0.25, 0.3) is 0 Å². The second kappa shape index (κ2) is 7.60. The number of nitrogens with zero attached hydrogens (tertiary/aromatic N) is 1. The van der Waals surface area contributed by atoms with Crippen molar-refractivity contribution in [3.63, 3.8) is 0 Å². The molecule has 5 heteroatoms. The Balaban J connectivity index is 0.000000557. The predicted octanol–water partition coefficient (Wildman–Crippen LogP) is 3.27. The van der Waals surface area contributed by atoms with Gasteiger partial charge in [-0.3, -0.25) is 10.1 Å². The Morgan fingerprint density at radius 1 is 1.53 bits per heavy atom. The maximum atomic E-state index is 12.9. The van der Waals surface area contributed by atoms with E-state index in [0.29, 0.717) is 5.92 Å². The van der Waals surface area contributed by atoms with Crippen molar-refractivity contribution in [2.45, 2.75) is 26.2 Å². The van der Waals surface area contributed by atoms with Crippen molar-refractivity contribution in [1.29, 1.82) is 0 Å². The van der Waals surface area contributed by atoms with E-state index in [4.69, 9.17) is 10.1 Å². The van der Waals surface area contributed by atoms with Gasteiger partial charge in [-0.15, -0.1) is 0 Å². The van der Waals surface area contributed by atoms with Crippen LogP contribution < -0.4 is 5.32 Å². The zero-order chi connectivity index (χ0) is 13.4. The summed E-state index contributed by atoms with van der Waals surface area (Å²) >= 11 is 0. The molecule has 1 rings (SSSR count). The van der Waals surface area contributed by atoms with Crippen LogP contribution in [0.4, 0.5) is 10.1 Å². The number of nitrogens with one attached hydrogen (secondary N) is 1. The molecule has 0 saturated heterocycles. The molecule has 0 aliphatic carbocycles. The molecule has 0 spiro atoms. The maximum Gasteiger partial charge on any atom is 0.194 e. The van der Waals surface area contributed by atoms with Crippen LogP contribution in [0.5, 0.6) is 0 Å². The molecule has 1 aromatic carbocycles. The van der Waals surface area contributed by atoms with Crippen molar-refractivity contribution in [3.05, 3.63) is 39.7 Å². The third kappa shape index (κ3) is 5.85. The molecule has 4 nitrogen and oxygen atoms in total. The Labute approximate surface area is 101 Å². The summed E-state index contributed by atoms with van der Waals surface area (Å²) in [5.74, 6) is 0.291. The van der Waals surface area contributed by atoms with Gasteiger partial charge in [0, 0.05) is 17.7 Å². The Morgan fingerprint density at radius 2 is 2.06 bits per heavy atom. The molecule has 17 heavy (non-hydrogen) atoms. The SMILES string of the molecule is CCC(C)c1ccc(F)cc1NC.C[N+](=O)[O-]. The Hall–Kier alpha value is -1.65. The Morgan fingerprint density at radius 3 is 2.47 bits per heavy atom. The zero-order valence-corrected chi connectivity index (χ0v) is 10.7. The van der Waals surface area contributed by atoms with E-state index in [0.717, 1.165) is 19.2 Å². The molecule has 0 heterocycles. The third-order valence-corrected chi connectivity index (χ3v) is 2.43. The highest BCUT2D eigenvalue weighted by atomic mass is 19.1. The van der Waals surface area contributed by atoms with E-state index < -0.39 is 4.92 Å². The fraction of sp³-hybridized carbons (Fsp3) is 0.500. The molecule has 0 saturated carbocycles.